The van der Waals surface area contributed by atoms with Crippen LogP contribution >= 0.6 is 0 Å². The predicted molar refractivity (Wildman–Crippen MR) is 214 cm³/mol. The number of benzene rings is 7. The third-order valence-corrected chi connectivity index (χ3v) is 9.46. The molecule has 0 aliphatic carbocycles. The van der Waals surface area contributed by atoms with Crippen LogP contribution in [0.5, 0.6) is 0 Å². The number of nitrogens with zero attached hydrogens (tertiary/aromatic N) is 4. The van der Waals surface area contributed by atoms with E-state index in [0.29, 0.717) is 0 Å². The van der Waals surface area contributed by atoms with Crippen molar-refractivity contribution in [2.45, 2.75) is 0 Å². The van der Waals surface area contributed by atoms with Gasteiger partial charge in [-0.05, 0) is 80.9 Å². The molecule has 0 bridgehead atoms. The van der Waals surface area contributed by atoms with E-state index in [2.05, 4.69) is 0 Å². The highest BCUT2D eigenvalue weighted by Gasteiger charge is 2.25. The van der Waals surface area contributed by atoms with Crippen LogP contribution in [0.15, 0.2) is 176 Å². The van der Waals surface area contributed by atoms with Gasteiger partial charge in [-0.25, -0.2) is 9.03 Å². The summed E-state index contributed by atoms with van der Waals surface area (Å²) in [6, 6.07) is -2.69. The Morgan fingerprint density at radius 3 is 1.19 bits per heavy atom. The molecule has 11 aromatic rings. The van der Waals surface area contributed by atoms with Crippen LogP contribution in [0, 0.1) is 0 Å². The summed E-state index contributed by atoms with van der Waals surface area (Å²) in [5.74, 6) is 0. The Morgan fingerprint density at radius 1 is 0.370 bits per heavy atom. The fourth-order valence-corrected chi connectivity index (χ4v) is 7.20. The molecule has 0 spiro atoms. The molecule has 8 nitrogen and oxygen atoms in total. The van der Waals surface area contributed by atoms with Crippen LogP contribution in [0.3, 0.4) is 0 Å². The molecule has 0 aliphatic rings. The smallest absolute Gasteiger partial charge is 0.267 e. The van der Waals surface area contributed by atoms with Crippen molar-refractivity contribution in [3.63, 3.8) is 0 Å². The molecule has 0 unspecified atom stereocenters. The van der Waals surface area contributed by atoms with E-state index < -0.39 is 164 Å². The average molecular weight is 717 g/mol. The first-order chi connectivity index (χ1) is 34.0. The van der Waals surface area contributed by atoms with E-state index >= 15 is 0 Å². The number of rotatable bonds is 4. The fourth-order valence-electron chi connectivity index (χ4n) is 7.20. The molecule has 7 aromatic carbocycles. The number of hydrogen-bond acceptors (Lipinski definition) is 4. The SMILES string of the molecule is [2H]c1c([2H])c([2H])c(-c2c([2H])c([2H])c([2H])c(-c3cccc4c3c(=O)n3c(=O)c5cc6c(cc5n43)c(=O)n3c(=O)c4c(-c5c([2H])c([2H])c([2H])c(-c7c([2H])c([2H])c([2H])c([2H])c7[2H])c5[2H])cccc4n63)c2[2H])c([2H])c1[2H]. The zero-order valence-electron chi connectivity index (χ0n) is 45.0. The molecule has 11 rings (SSSR count). The molecular formula is C46H26N4O4. The highest BCUT2D eigenvalue weighted by molar-refractivity contribution is 6.03. The molecular weight excluding hydrogens is 673 g/mol. The quantitative estimate of drug-likeness (QED) is 0.185. The molecule has 54 heavy (non-hydrogen) atoms. The van der Waals surface area contributed by atoms with Gasteiger partial charge in [0.25, 0.3) is 22.2 Å². The minimum atomic E-state index is -0.973. The van der Waals surface area contributed by atoms with Gasteiger partial charge in [0.2, 0.25) is 0 Å². The van der Waals surface area contributed by atoms with Gasteiger partial charge in [0.1, 0.15) is 0 Å². The second-order valence-corrected chi connectivity index (χ2v) is 12.3. The average Bonchev–Trinajstić information content (AvgIpc) is 4.03. The maximum Gasteiger partial charge on any atom is 0.283 e. The summed E-state index contributed by atoms with van der Waals surface area (Å²) in [5.41, 5.74) is -7.18. The first-order valence-corrected chi connectivity index (χ1v) is 16.1. The van der Waals surface area contributed by atoms with Gasteiger partial charge in [-0.2, -0.15) is 9.03 Å². The summed E-state index contributed by atoms with van der Waals surface area (Å²) in [6.07, 6.45) is 0. The van der Waals surface area contributed by atoms with E-state index in [0.717, 1.165) is 9.03 Å². The monoisotopic (exact) mass is 716 g/mol. The Kier molecular flexibility index (Phi) is 3.51. The van der Waals surface area contributed by atoms with Crippen molar-refractivity contribution in [2.75, 3.05) is 0 Å². The largest absolute Gasteiger partial charge is 0.283 e. The lowest BCUT2D eigenvalue weighted by Crippen LogP contribution is -2.21. The van der Waals surface area contributed by atoms with E-state index in [-0.39, 0.29) is 54.7 Å². The standard InChI is InChI=1S/C46H26N4O4/c51-43-35-26-40-36(44(52)50-46(54)42-34(20-10-22-38(42)48(40)50)32-18-8-16-30(24-32)28-13-5-2-6-14-28)25-39(35)47-37-21-9-19-33(41(37)45(53)49(43)47)31-17-7-15-29(23-31)27-11-3-1-4-12-27/h1-26H/i1D,2D,3D,4D,5D,6D,7D,8D,11D,12D,13D,14D,15D,16D,17D,18D,23D,24D. The van der Waals surface area contributed by atoms with Crippen LogP contribution in [0.25, 0.3) is 88.1 Å². The van der Waals surface area contributed by atoms with E-state index in [1.54, 1.807) is 0 Å². The van der Waals surface area contributed by atoms with Crippen molar-refractivity contribution in [2.24, 2.45) is 0 Å². The number of hydrogen-bond donors (Lipinski definition) is 0. The van der Waals surface area contributed by atoms with Crippen LogP contribution in [0.4, 0.5) is 0 Å². The van der Waals surface area contributed by atoms with Crippen molar-refractivity contribution in [3.8, 4) is 44.5 Å². The van der Waals surface area contributed by atoms with Gasteiger partial charge in [0, 0.05) is 0 Å². The summed E-state index contributed by atoms with van der Waals surface area (Å²) < 4.78 is 158. The van der Waals surface area contributed by atoms with Gasteiger partial charge >= 0.3 is 0 Å². The maximum absolute atomic E-state index is 14.6. The zero-order chi connectivity index (χ0) is 51.9. The second-order valence-electron chi connectivity index (χ2n) is 12.3. The van der Waals surface area contributed by atoms with Crippen molar-refractivity contribution in [1.29, 1.82) is 0 Å². The topological polar surface area (TPSA) is 85.9 Å². The molecule has 0 atom stereocenters. The Bertz CT molecular complexity index is 4310. The Labute approximate surface area is 329 Å². The van der Waals surface area contributed by atoms with Gasteiger partial charge < -0.3 is 0 Å². The molecule has 0 saturated carbocycles. The summed E-state index contributed by atoms with van der Waals surface area (Å²) >= 11 is 0. The molecule has 0 fully saturated rings. The van der Waals surface area contributed by atoms with Crippen LogP contribution in [-0.2, 0) is 0 Å². The molecule has 0 N–H and O–H groups in total. The summed E-state index contributed by atoms with van der Waals surface area (Å²) in [4.78, 5) is 58.1. The van der Waals surface area contributed by atoms with Crippen LogP contribution < -0.4 is 22.2 Å². The molecule has 0 saturated heterocycles. The van der Waals surface area contributed by atoms with Crippen molar-refractivity contribution < 1.29 is 24.7 Å². The van der Waals surface area contributed by atoms with Gasteiger partial charge in [-0.15, -0.1) is 0 Å². The minimum Gasteiger partial charge on any atom is -0.267 e. The van der Waals surface area contributed by atoms with Gasteiger partial charge in [0.05, 0.1) is 68.3 Å². The predicted octanol–water partition coefficient (Wildman–Crippen LogP) is 7.99. The zero-order valence-corrected chi connectivity index (χ0v) is 27.0. The number of fused-ring (bicyclic) bond motifs is 10. The Hall–Kier alpha value is -7.58. The third kappa shape index (κ3) is 4.02. The van der Waals surface area contributed by atoms with E-state index in [1.165, 1.54) is 57.6 Å². The molecule has 8 heteroatoms. The van der Waals surface area contributed by atoms with Crippen molar-refractivity contribution in [1.82, 2.24) is 18.1 Å². The van der Waals surface area contributed by atoms with E-state index in [9.17, 15) is 21.9 Å². The second kappa shape index (κ2) is 11.0. The third-order valence-electron chi connectivity index (χ3n) is 9.46. The summed E-state index contributed by atoms with van der Waals surface area (Å²) in [5, 5.41) is -0.750. The summed E-state index contributed by atoms with van der Waals surface area (Å²) in [6.45, 7) is 0. The van der Waals surface area contributed by atoms with E-state index in [1.807, 2.05) is 0 Å². The maximum atomic E-state index is 14.6. The minimum absolute atomic E-state index is 0.00354. The Balaban J connectivity index is 1.16. The molecule has 0 radical (unpaired) electrons. The molecule has 4 aromatic heterocycles. The van der Waals surface area contributed by atoms with Gasteiger partial charge in [-0.1, -0.05) is 121 Å². The van der Waals surface area contributed by atoms with Gasteiger partial charge in [-0.3, -0.25) is 19.2 Å². The molecule has 0 aliphatic heterocycles. The lowest BCUT2D eigenvalue weighted by atomic mass is 9.97. The van der Waals surface area contributed by atoms with Crippen LogP contribution in [0.1, 0.15) is 24.7 Å². The Morgan fingerprint density at radius 2 is 0.759 bits per heavy atom. The normalized spacial score (nSPS) is 16.7. The first kappa shape index (κ1) is 17.3. The van der Waals surface area contributed by atoms with Crippen LogP contribution in [0.2, 0.25) is 0 Å². The van der Waals surface area contributed by atoms with E-state index in [4.69, 9.17) is 21.9 Å². The molecule has 254 valence electrons. The number of aromatic nitrogens is 4. The lowest BCUT2D eigenvalue weighted by Gasteiger charge is -2.07. The highest BCUT2D eigenvalue weighted by atomic mass is 16.2. The van der Waals surface area contributed by atoms with Crippen LogP contribution in [-0.4, -0.2) is 18.1 Å². The fraction of sp³-hybridized carbons (Fsp3) is 0. The highest BCUT2D eigenvalue weighted by Crippen LogP contribution is 2.34. The summed E-state index contributed by atoms with van der Waals surface area (Å²) in [7, 11) is 0. The lowest BCUT2D eigenvalue weighted by molar-refractivity contribution is 0.839. The van der Waals surface area contributed by atoms with Crippen molar-refractivity contribution in [3.05, 3.63) is 199 Å². The molecule has 4 heterocycles. The molecule has 0 amide bonds. The van der Waals surface area contributed by atoms with Crippen molar-refractivity contribution >= 4 is 43.6 Å². The van der Waals surface area contributed by atoms with Gasteiger partial charge in [0.15, 0.2) is 0 Å². The first-order valence-electron chi connectivity index (χ1n) is 25.1.